The minimum Gasteiger partial charge on any atom is -0.497 e. The Morgan fingerprint density at radius 1 is 1.00 bits per heavy atom. The molecule has 3 rings (SSSR count). The average molecular weight is 397 g/mol. The molecule has 1 heterocycles. The van der Waals surface area contributed by atoms with Crippen LogP contribution in [0.5, 0.6) is 17.2 Å². The van der Waals surface area contributed by atoms with Crippen LogP contribution in [0, 0.1) is 0 Å². The SMILES string of the molecule is COc1cccc(-c2nnc(CCNC(=O)Cc3ccc(OC)c(OC)c3)o2)c1. The third-order valence-electron chi connectivity index (χ3n) is 4.26. The molecule has 1 N–H and O–H groups in total. The molecule has 29 heavy (non-hydrogen) atoms. The van der Waals surface area contributed by atoms with Gasteiger partial charge in [-0.1, -0.05) is 12.1 Å². The summed E-state index contributed by atoms with van der Waals surface area (Å²) in [4.78, 5) is 12.2. The Kier molecular flexibility index (Phi) is 6.67. The fourth-order valence-electron chi connectivity index (χ4n) is 2.77. The van der Waals surface area contributed by atoms with Crippen LogP contribution in [0.25, 0.3) is 11.5 Å². The predicted octanol–water partition coefficient (Wildman–Crippen LogP) is 2.66. The minimum absolute atomic E-state index is 0.107. The molecule has 1 amide bonds. The van der Waals surface area contributed by atoms with Crippen molar-refractivity contribution in [3.8, 4) is 28.7 Å². The van der Waals surface area contributed by atoms with E-state index in [9.17, 15) is 4.79 Å². The number of rotatable bonds is 9. The molecule has 0 atom stereocenters. The zero-order chi connectivity index (χ0) is 20.6. The molecule has 8 nitrogen and oxygen atoms in total. The van der Waals surface area contributed by atoms with E-state index in [0.29, 0.717) is 42.0 Å². The lowest BCUT2D eigenvalue weighted by Crippen LogP contribution is -2.27. The number of methoxy groups -OCH3 is 3. The molecule has 1 aromatic heterocycles. The molecule has 0 radical (unpaired) electrons. The van der Waals surface area contributed by atoms with Gasteiger partial charge < -0.3 is 23.9 Å². The van der Waals surface area contributed by atoms with Crippen LogP contribution in [0.3, 0.4) is 0 Å². The van der Waals surface area contributed by atoms with Crippen molar-refractivity contribution in [2.24, 2.45) is 0 Å². The van der Waals surface area contributed by atoms with Crippen LogP contribution in [0.1, 0.15) is 11.5 Å². The average Bonchev–Trinajstić information content (AvgIpc) is 3.22. The summed E-state index contributed by atoms with van der Waals surface area (Å²) < 4.78 is 21.3. The molecular formula is C21H23N3O5. The summed E-state index contributed by atoms with van der Waals surface area (Å²) in [5, 5.41) is 10.9. The molecule has 2 aromatic carbocycles. The topological polar surface area (TPSA) is 95.7 Å². The van der Waals surface area contributed by atoms with Gasteiger partial charge in [0.1, 0.15) is 5.75 Å². The quantitative estimate of drug-likeness (QED) is 0.593. The number of aromatic nitrogens is 2. The summed E-state index contributed by atoms with van der Waals surface area (Å²) >= 11 is 0. The van der Waals surface area contributed by atoms with Crippen LogP contribution in [-0.2, 0) is 17.6 Å². The molecule has 3 aromatic rings. The lowest BCUT2D eigenvalue weighted by molar-refractivity contribution is -0.120. The summed E-state index contributed by atoms with van der Waals surface area (Å²) in [6.45, 7) is 0.395. The smallest absolute Gasteiger partial charge is 0.247 e. The minimum atomic E-state index is -0.107. The molecule has 0 saturated heterocycles. The molecule has 0 aliphatic carbocycles. The first-order valence-corrected chi connectivity index (χ1v) is 9.07. The van der Waals surface area contributed by atoms with Gasteiger partial charge in [0.15, 0.2) is 11.5 Å². The van der Waals surface area contributed by atoms with Crippen molar-refractivity contribution in [3.63, 3.8) is 0 Å². The number of amides is 1. The number of benzene rings is 2. The second kappa shape index (κ2) is 9.59. The van der Waals surface area contributed by atoms with Crippen LogP contribution < -0.4 is 19.5 Å². The molecule has 0 spiro atoms. The Bertz CT molecular complexity index is 970. The molecule has 0 aliphatic heterocycles. The van der Waals surface area contributed by atoms with Gasteiger partial charge in [-0.25, -0.2) is 0 Å². The first-order chi connectivity index (χ1) is 14.1. The van der Waals surface area contributed by atoms with E-state index in [-0.39, 0.29) is 12.3 Å². The van der Waals surface area contributed by atoms with Crippen LogP contribution in [-0.4, -0.2) is 44.0 Å². The van der Waals surface area contributed by atoms with E-state index in [4.69, 9.17) is 18.6 Å². The summed E-state index contributed by atoms with van der Waals surface area (Å²) in [6, 6.07) is 12.8. The lowest BCUT2D eigenvalue weighted by atomic mass is 10.1. The fraction of sp³-hybridized carbons (Fsp3) is 0.286. The first kappa shape index (κ1) is 20.2. The molecule has 8 heteroatoms. The Labute approximate surface area is 168 Å². The number of nitrogens with one attached hydrogen (secondary N) is 1. The maximum atomic E-state index is 12.2. The highest BCUT2D eigenvalue weighted by Gasteiger charge is 2.11. The summed E-state index contributed by atoms with van der Waals surface area (Å²) in [7, 11) is 4.73. The van der Waals surface area contributed by atoms with Crippen LogP contribution >= 0.6 is 0 Å². The maximum absolute atomic E-state index is 12.2. The third kappa shape index (κ3) is 5.25. The fourth-order valence-corrected chi connectivity index (χ4v) is 2.77. The number of carbonyl (C=O) groups is 1. The first-order valence-electron chi connectivity index (χ1n) is 9.07. The van der Waals surface area contributed by atoms with Gasteiger partial charge in [0, 0.05) is 18.5 Å². The van der Waals surface area contributed by atoms with Gasteiger partial charge >= 0.3 is 0 Å². The molecule has 0 fully saturated rings. The zero-order valence-electron chi connectivity index (χ0n) is 16.6. The van der Waals surface area contributed by atoms with Crippen molar-refractivity contribution in [2.45, 2.75) is 12.8 Å². The van der Waals surface area contributed by atoms with Gasteiger partial charge in [0.05, 0.1) is 27.8 Å². The molecular weight excluding hydrogens is 374 g/mol. The third-order valence-corrected chi connectivity index (χ3v) is 4.26. The van der Waals surface area contributed by atoms with Gasteiger partial charge in [0.25, 0.3) is 0 Å². The zero-order valence-corrected chi connectivity index (χ0v) is 16.6. The normalized spacial score (nSPS) is 10.4. The molecule has 0 aliphatic rings. The second-order valence-corrected chi connectivity index (χ2v) is 6.20. The van der Waals surface area contributed by atoms with Gasteiger partial charge in [-0.2, -0.15) is 0 Å². The van der Waals surface area contributed by atoms with Crippen LogP contribution in [0.15, 0.2) is 46.9 Å². The highest BCUT2D eigenvalue weighted by Crippen LogP contribution is 2.27. The van der Waals surface area contributed by atoms with Crippen molar-refractivity contribution in [1.82, 2.24) is 15.5 Å². The largest absolute Gasteiger partial charge is 0.497 e. The Morgan fingerprint density at radius 2 is 1.83 bits per heavy atom. The Morgan fingerprint density at radius 3 is 2.59 bits per heavy atom. The van der Waals surface area contributed by atoms with E-state index in [1.807, 2.05) is 30.3 Å². The van der Waals surface area contributed by atoms with E-state index in [0.717, 1.165) is 11.1 Å². The highest BCUT2D eigenvalue weighted by molar-refractivity contribution is 5.78. The van der Waals surface area contributed by atoms with E-state index >= 15 is 0 Å². The van der Waals surface area contributed by atoms with E-state index in [1.54, 1.807) is 33.5 Å². The van der Waals surface area contributed by atoms with Gasteiger partial charge in [-0.3, -0.25) is 4.79 Å². The molecule has 0 bridgehead atoms. The number of hydrogen-bond acceptors (Lipinski definition) is 7. The predicted molar refractivity (Wildman–Crippen MR) is 106 cm³/mol. The van der Waals surface area contributed by atoms with E-state index in [1.165, 1.54) is 0 Å². The lowest BCUT2D eigenvalue weighted by Gasteiger charge is -2.09. The summed E-state index contributed by atoms with van der Waals surface area (Å²) in [6.07, 6.45) is 0.674. The molecule has 0 unspecified atom stereocenters. The second-order valence-electron chi connectivity index (χ2n) is 6.20. The van der Waals surface area contributed by atoms with Gasteiger partial charge in [-0.05, 0) is 35.9 Å². The van der Waals surface area contributed by atoms with Crippen molar-refractivity contribution in [1.29, 1.82) is 0 Å². The highest BCUT2D eigenvalue weighted by atomic mass is 16.5. The Hall–Kier alpha value is -3.55. The maximum Gasteiger partial charge on any atom is 0.247 e. The number of nitrogens with zero attached hydrogens (tertiary/aromatic N) is 2. The molecule has 152 valence electrons. The van der Waals surface area contributed by atoms with Crippen molar-refractivity contribution in [3.05, 3.63) is 53.9 Å². The summed E-state index contributed by atoms with van der Waals surface area (Å²) in [5.74, 6) is 2.69. The van der Waals surface area contributed by atoms with Crippen molar-refractivity contribution in [2.75, 3.05) is 27.9 Å². The van der Waals surface area contributed by atoms with Gasteiger partial charge in [-0.15, -0.1) is 10.2 Å². The standard InChI is InChI=1S/C21H23N3O5/c1-26-16-6-4-5-15(13-16)21-24-23-20(29-21)9-10-22-19(25)12-14-7-8-17(27-2)18(11-14)28-3/h4-8,11,13H,9-10,12H2,1-3H3,(H,22,25). The van der Waals surface area contributed by atoms with Gasteiger partial charge in [0.2, 0.25) is 17.7 Å². The summed E-state index contributed by atoms with van der Waals surface area (Å²) in [5.41, 5.74) is 1.61. The van der Waals surface area contributed by atoms with Crippen LogP contribution in [0.2, 0.25) is 0 Å². The van der Waals surface area contributed by atoms with E-state index in [2.05, 4.69) is 15.5 Å². The Balaban J connectivity index is 1.51. The van der Waals surface area contributed by atoms with Crippen molar-refractivity contribution >= 4 is 5.91 Å². The number of hydrogen-bond donors (Lipinski definition) is 1. The molecule has 0 saturated carbocycles. The number of carbonyl (C=O) groups excluding carboxylic acids is 1. The number of ether oxygens (including phenoxy) is 3. The van der Waals surface area contributed by atoms with E-state index < -0.39 is 0 Å². The van der Waals surface area contributed by atoms with Crippen molar-refractivity contribution < 1.29 is 23.4 Å². The monoisotopic (exact) mass is 397 g/mol. The van der Waals surface area contributed by atoms with Crippen LogP contribution in [0.4, 0.5) is 0 Å².